The van der Waals surface area contributed by atoms with Gasteiger partial charge in [-0.15, -0.1) is 0 Å². The molecular formula is C13H18FN3OS. The molecular weight excluding hydrogens is 265 g/mol. The van der Waals surface area contributed by atoms with E-state index in [1.54, 1.807) is 19.2 Å². The largest absolute Gasteiger partial charge is 0.389 e. The fraction of sp³-hybridized carbons (Fsp3) is 0.385. The second-order valence-corrected chi connectivity index (χ2v) is 4.78. The van der Waals surface area contributed by atoms with Gasteiger partial charge in [0, 0.05) is 32.1 Å². The molecule has 0 radical (unpaired) electrons. The molecule has 0 atom stereocenters. The third kappa shape index (κ3) is 4.92. The van der Waals surface area contributed by atoms with E-state index in [0.29, 0.717) is 19.5 Å². The Kier molecular flexibility index (Phi) is 5.85. The van der Waals surface area contributed by atoms with Crippen molar-refractivity contribution in [3.05, 3.63) is 35.1 Å². The Labute approximate surface area is 117 Å². The zero-order valence-corrected chi connectivity index (χ0v) is 11.9. The monoisotopic (exact) mass is 283 g/mol. The number of benzene rings is 1. The first-order chi connectivity index (χ1) is 8.93. The molecule has 0 unspecified atom stereocenters. The van der Waals surface area contributed by atoms with E-state index in [2.05, 4.69) is 5.32 Å². The Balaban J connectivity index is 2.64. The van der Waals surface area contributed by atoms with Crippen LogP contribution in [0.1, 0.15) is 17.5 Å². The lowest BCUT2D eigenvalue weighted by Crippen LogP contribution is -2.26. The lowest BCUT2D eigenvalue weighted by molar-refractivity contribution is -0.120. The summed E-state index contributed by atoms with van der Waals surface area (Å²) in [7, 11) is 3.50. The molecule has 6 heteroatoms. The number of nitrogens with zero attached hydrogens (tertiary/aromatic N) is 1. The molecule has 0 heterocycles. The first-order valence-electron chi connectivity index (χ1n) is 5.91. The standard InChI is InChI=1S/C13H18FN3OS/c1-16-12(18)5-6-17(2)8-9-3-4-11(14)10(7-9)13(15)19/h3-4,7H,5-6,8H2,1-2H3,(H2,15,19)(H,16,18). The second kappa shape index (κ2) is 7.16. The Hall–Kier alpha value is -1.53. The number of thiocarbonyl (C=S) groups is 1. The molecule has 1 aromatic carbocycles. The normalized spacial score (nSPS) is 10.5. The minimum Gasteiger partial charge on any atom is -0.389 e. The fourth-order valence-corrected chi connectivity index (χ4v) is 1.82. The highest BCUT2D eigenvalue weighted by molar-refractivity contribution is 7.80. The summed E-state index contributed by atoms with van der Waals surface area (Å²) >= 11 is 4.80. The molecule has 1 aromatic rings. The van der Waals surface area contributed by atoms with E-state index in [-0.39, 0.29) is 16.5 Å². The Morgan fingerprint density at radius 1 is 1.53 bits per heavy atom. The van der Waals surface area contributed by atoms with E-state index in [4.69, 9.17) is 18.0 Å². The second-order valence-electron chi connectivity index (χ2n) is 4.34. The number of nitrogens with two attached hydrogens (primary N) is 1. The molecule has 0 aliphatic carbocycles. The molecule has 3 N–H and O–H groups in total. The van der Waals surface area contributed by atoms with Gasteiger partial charge < -0.3 is 16.0 Å². The third-order valence-corrected chi connectivity index (χ3v) is 2.97. The van der Waals surface area contributed by atoms with E-state index >= 15 is 0 Å². The Morgan fingerprint density at radius 2 is 2.21 bits per heavy atom. The quantitative estimate of drug-likeness (QED) is 0.766. The van der Waals surface area contributed by atoms with Crippen molar-refractivity contribution in [2.75, 3.05) is 20.6 Å². The van der Waals surface area contributed by atoms with E-state index in [0.717, 1.165) is 5.56 Å². The first-order valence-corrected chi connectivity index (χ1v) is 6.32. The number of carbonyl (C=O) groups is 1. The Bertz CT molecular complexity index is 479. The number of hydrogen-bond acceptors (Lipinski definition) is 3. The minimum atomic E-state index is -0.413. The molecule has 0 spiro atoms. The van der Waals surface area contributed by atoms with E-state index in [9.17, 15) is 9.18 Å². The summed E-state index contributed by atoms with van der Waals surface area (Å²) in [6.07, 6.45) is 0.427. The number of halogens is 1. The maximum absolute atomic E-state index is 13.4. The van der Waals surface area contributed by atoms with Crippen LogP contribution < -0.4 is 11.1 Å². The SMILES string of the molecule is CNC(=O)CCN(C)Cc1ccc(F)c(C(N)=S)c1. The van der Waals surface area contributed by atoms with Crippen molar-refractivity contribution in [2.45, 2.75) is 13.0 Å². The van der Waals surface area contributed by atoms with Crippen molar-refractivity contribution in [1.29, 1.82) is 0 Å². The highest BCUT2D eigenvalue weighted by Gasteiger charge is 2.08. The van der Waals surface area contributed by atoms with Crippen LogP contribution in [0.5, 0.6) is 0 Å². The van der Waals surface area contributed by atoms with Crippen LogP contribution in [0, 0.1) is 5.82 Å². The summed E-state index contributed by atoms with van der Waals surface area (Å²) in [5.74, 6) is -0.418. The summed E-state index contributed by atoms with van der Waals surface area (Å²) < 4.78 is 13.4. The number of nitrogens with one attached hydrogen (secondary N) is 1. The van der Waals surface area contributed by atoms with Crippen LogP contribution in [0.4, 0.5) is 4.39 Å². The van der Waals surface area contributed by atoms with Gasteiger partial charge in [0.15, 0.2) is 0 Å². The fourth-order valence-electron chi connectivity index (χ4n) is 1.67. The molecule has 0 saturated carbocycles. The van der Waals surface area contributed by atoms with Crippen molar-refractivity contribution in [2.24, 2.45) is 5.73 Å². The minimum absolute atomic E-state index is 0.00483. The van der Waals surface area contributed by atoms with Gasteiger partial charge in [0.1, 0.15) is 10.8 Å². The predicted octanol–water partition coefficient (Wildman–Crippen LogP) is 1.03. The smallest absolute Gasteiger partial charge is 0.221 e. The van der Waals surface area contributed by atoms with Gasteiger partial charge in [-0.2, -0.15) is 0 Å². The summed E-state index contributed by atoms with van der Waals surface area (Å²) in [5, 5.41) is 2.57. The third-order valence-electron chi connectivity index (χ3n) is 2.75. The molecule has 4 nitrogen and oxygen atoms in total. The summed E-state index contributed by atoms with van der Waals surface area (Å²) in [6.45, 7) is 1.23. The van der Waals surface area contributed by atoms with E-state index in [1.807, 2.05) is 11.9 Å². The van der Waals surface area contributed by atoms with E-state index in [1.165, 1.54) is 6.07 Å². The van der Waals surface area contributed by atoms with Crippen molar-refractivity contribution in [3.63, 3.8) is 0 Å². The zero-order chi connectivity index (χ0) is 14.4. The van der Waals surface area contributed by atoms with Gasteiger partial charge in [-0.05, 0) is 24.7 Å². The molecule has 1 amide bonds. The lowest BCUT2D eigenvalue weighted by atomic mass is 10.1. The Morgan fingerprint density at radius 3 is 2.79 bits per heavy atom. The molecule has 0 aliphatic rings. The van der Waals surface area contributed by atoms with Gasteiger partial charge in [0.05, 0.1) is 0 Å². The molecule has 0 aliphatic heterocycles. The number of carbonyl (C=O) groups excluding carboxylic acids is 1. The molecule has 19 heavy (non-hydrogen) atoms. The van der Waals surface area contributed by atoms with Gasteiger partial charge in [0.2, 0.25) is 5.91 Å². The van der Waals surface area contributed by atoms with Crippen molar-refractivity contribution >= 4 is 23.1 Å². The maximum atomic E-state index is 13.4. The van der Waals surface area contributed by atoms with Gasteiger partial charge in [-0.25, -0.2) is 4.39 Å². The van der Waals surface area contributed by atoms with Gasteiger partial charge >= 0.3 is 0 Å². The van der Waals surface area contributed by atoms with Crippen LogP contribution in [0.2, 0.25) is 0 Å². The van der Waals surface area contributed by atoms with Gasteiger partial charge in [-0.1, -0.05) is 18.3 Å². The molecule has 0 aromatic heterocycles. The summed E-state index contributed by atoms with van der Waals surface area (Å²) in [4.78, 5) is 13.2. The van der Waals surface area contributed by atoms with Crippen LogP contribution in [-0.2, 0) is 11.3 Å². The van der Waals surface area contributed by atoms with Gasteiger partial charge in [0.25, 0.3) is 0 Å². The van der Waals surface area contributed by atoms with Crippen LogP contribution in [0.15, 0.2) is 18.2 Å². The molecule has 104 valence electrons. The van der Waals surface area contributed by atoms with Crippen LogP contribution in [0.25, 0.3) is 0 Å². The highest BCUT2D eigenvalue weighted by atomic mass is 32.1. The summed E-state index contributed by atoms with van der Waals surface area (Å²) in [6, 6.07) is 4.69. The number of amides is 1. The zero-order valence-electron chi connectivity index (χ0n) is 11.1. The van der Waals surface area contributed by atoms with Crippen molar-refractivity contribution < 1.29 is 9.18 Å². The summed E-state index contributed by atoms with van der Waals surface area (Å²) in [5.41, 5.74) is 6.62. The van der Waals surface area contributed by atoms with E-state index < -0.39 is 5.82 Å². The molecule has 1 rings (SSSR count). The van der Waals surface area contributed by atoms with Crippen molar-refractivity contribution in [1.82, 2.24) is 10.2 Å². The molecule has 0 saturated heterocycles. The number of rotatable bonds is 6. The molecule has 0 bridgehead atoms. The average molecular weight is 283 g/mol. The molecule has 0 fully saturated rings. The average Bonchev–Trinajstić information content (AvgIpc) is 2.37. The van der Waals surface area contributed by atoms with Crippen molar-refractivity contribution in [3.8, 4) is 0 Å². The van der Waals surface area contributed by atoms with Crippen LogP contribution in [0.3, 0.4) is 0 Å². The lowest BCUT2D eigenvalue weighted by Gasteiger charge is -2.16. The topological polar surface area (TPSA) is 58.4 Å². The predicted molar refractivity (Wildman–Crippen MR) is 77.3 cm³/mol. The number of hydrogen-bond donors (Lipinski definition) is 2. The van der Waals surface area contributed by atoms with Crippen LogP contribution >= 0.6 is 12.2 Å². The van der Waals surface area contributed by atoms with Crippen LogP contribution in [-0.4, -0.2) is 36.4 Å². The first kappa shape index (κ1) is 15.5. The maximum Gasteiger partial charge on any atom is 0.221 e. The highest BCUT2D eigenvalue weighted by Crippen LogP contribution is 2.12. The van der Waals surface area contributed by atoms with Gasteiger partial charge in [-0.3, -0.25) is 4.79 Å².